The van der Waals surface area contributed by atoms with E-state index in [9.17, 15) is 4.79 Å². The second-order valence-corrected chi connectivity index (χ2v) is 5.34. The Bertz CT molecular complexity index is 616. The van der Waals surface area contributed by atoms with Crippen molar-refractivity contribution in [3.63, 3.8) is 0 Å². The Labute approximate surface area is 119 Å². The van der Waals surface area contributed by atoms with Crippen LogP contribution in [0.4, 0.5) is 5.69 Å². The molecule has 106 valence electrons. The molecule has 2 aromatic rings. The first kappa shape index (κ1) is 14.3. The molecule has 0 aliphatic rings. The molecule has 1 atom stereocenters. The van der Waals surface area contributed by atoms with Gasteiger partial charge in [0.1, 0.15) is 0 Å². The van der Waals surface area contributed by atoms with Gasteiger partial charge in [-0.15, -0.1) is 0 Å². The molecule has 1 heterocycles. The van der Waals surface area contributed by atoms with Crippen molar-refractivity contribution in [2.75, 3.05) is 5.32 Å². The molecule has 1 aromatic heterocycles. The van der Waals surface area contributed by atoms with E-state index < -0.39 is 0 Å². The van der Waals surface area contributed by atoms with Crippen molar-refractivity contribution in [1.82, 2.24) is 9.78 Å². The van der Waals surface area contributed by atoms with E-state index in [1.807, 2.05) is 62.7 Å². The van der Waals surface area contributed by atoms with Crippen LogP contribution >= 0.6 is 0 Å². The van der Waals surface area contributed by atoms with Crippen LogP contribution in [-0.2, 0) is 4.79 Å². The summed E-state index contributed by atoms with van der Waals surface area (Å²) in [5.74, 6) is 0.00986. The van der Waals surface area contributed by atoms with Crippen molar-refractivity contribution in [3.05, 3.63) is 47.3 Å². The Morgan fingerprint density at radius 2 is 2.05 bits per heavy atom. The fourth-order valence-electron chi connectivity index (χ4n) is 2.38. The number of carbonyl (C=O) groups excluding carboxylic acids is 1. The lowest BCUT2D eigenvalue weighted by Crippen LogP contribution is -2.19. The molecule has 0 fully saturated rings. The fourth-order valence-corrected chi connectivity index (χ4v) is 2.38. The number of hydrogen-bond acceptors (Lipinski definition) is 2. The molecule has 0 spiro atoms. The summed E-state index contributed by atoms with van der Waals surface area (Å²) in [6.45, 7) is 7.99. The third-order valence-corrected chi connectivity index (χ3v) is 3.24. The van der Waals surface area contributed by atoms with Crippen LogP contribution < -0.4 is 5.32 Å². The molecule has 1 unspecified atom stereocenters. The van der Waals surface area contributed by atoms with Crippen LogP contribution in [0, 0.1) is 20.8 Å². The van der Waals surface area contributed by atoms with Crippen molar-refractivity contribution in [3.8, 4) is 0 Å². The van der Waals surface area contributed by atoms with Crippen molar-refractivity contribution >= 4 is 11.6 Å². The number of nitrogens with one attached hydrogen (secondary N) is 1. The van der Waals surface area contributed by atoms with Crippen molar-refractivity contribution in [1.29, 1.82) is 0 Å². The third kappa shape index (κ3) is 3.47. The Hall–Kier alpha value is -2.10. The molecule has 1 N–H and O–H groups in total. The fraction of sp³-hybridized carbons (Fsp3) is 0.375. The number of nitrogens with zero attached hydrogens (tertiary/aromatic N) is 2. The average molecular weight is 271 g/mol. The zero-order valence-electron chi connectivity index (χ0n) is 12.5. The minimum absolute atomic E-state index is 0.00986. The van der Waals surface area contributed by atoms with Gasteiger partial charge in [0.05, 0.1) is 11.7 Å². The Morgan fingerprint density at radius 1 is 1.30 bits per heavy atom. The van der Waals surface area contributed by atoms with E-state index in [1.165, 1.54) is 0 Å². The van der Waals surface area contributed by atoms with Crippen molar-refractivity contribution in [2.45, 2.75) is 40.2 Å². The van der Waals surface area contributed by atoms with Crippen LogP contribution in [0.15, 0.2) is 30.3 Å². The van der Waals surface area contributed by atoms with E-state index in [2.05, 4.69) is 10.4 Å². The number of benzene rings is 1. The first-order valence-corrected chi connectivity index (χ1v) is 6.85. The Morgan fingerprint density at radius 3 is 2.65 bits per heavy atom. The molecule has 4 nitrogen and oxygen atoms in total. The maximum Gasteiger partial charge on any atom is 0.226 e. The maximum absolute atomic E-state index is 12.1. The molecule has 0 saturated heterocycles. The molecule has 1 amide bonds. The van der Waals surface area contributed by atoms with E-state index in [0.717, 1.165) is 22.6 Å². The zero-order chi connectivity index (χ0) is 14.7. The first-order chi connectivity index (χ1) is 9.45. The maximum atomic E-state index is 12.1. The molecule has 1 aromatic carbocycles. The lowest BCUT2D eigenvalue weighted by atomic mass is 10.2. The van der Waals surface area contributed by atoms with Crippen LogP contribution in [0.1, 0.15) is 36.3 Å². The number of amides is 1. The van der Waals surface area contributed by atoms with Crippen LogP contribution in [0.25, 0.3) is 0 Å². The molecule has 0 aliphatic heterocycles. The van der Waals surface area contributed by atoms with Crippen LogP contribution in [0.3, 0.4) is 0 Å². The predicted octanol–water partition coefficient (Wildman–Crippen LogP) is 3.40. The van der Waals surface area contributed by atoms with Gasteiger partial charge in [-0.05, 0) is 51.5 Å². The van der Waals surface area contributed by atoms with E-state index in [1.54, 1.807) is 0 Å². The van der Waals surface area contributed by atoms with Gasteiger partial charge in [0.2, 0.25) is 5.91 Å². The lowest BCUT2D eigenvalue weighted by molar-refractivity contribution is -0.116. The van der Waals surface area contributed by atoms with Gasteiger partial charge < -0.3 is 5.32 Å². The summed E-state index contributed by atoms with van der Waals surface area (Å²) < 4.78 is 1.91. The molecule has 4 heteroatoms. The molecule has 0 radical (unpaired) electrons. The van der Waals surface area contributed by atoms with Crippen molar-refractivity contribution in [2.24, 2.45) is 0 Å². The minimum Gasteiger partial charge on any atom is -0.326 e. The zero-order valence-corrected chi connectivity index (χ0v) is 12.5. The molecular formula is C16H21N3O. The normalized spacial score (nSPS) is 12.2. The highest BCUT2D eigenvalue weighted by atomic mass is 16.1. The summed E-state index contributed by atoms with van der Waals surface area (Å²) in [4.78, 5) is 12.1. The van der Waals surface area contributed by atoms with Gasteiger partial charge in [-0.2, -0.15) is 5.10 Å². The largest absolute Gasteiger partial charge is 0.326 e. The quantitative estimate of drug-likeness (QED) is 0.926. The molecule has 0 aliphatic carbocycles. The summed E-state index contributed by atoms with van der Waals surface area (Å²) >= 11 is 0. The number of carbonyl (C=O) groups is 1. The number of anilines is 1. The molecule has 0 saturated carbocycles. The van der Waals surface area contributed by atoms with Gasteiger partial charge in [-0.3, -0.25) is 9.48 Å². The lowest BCUT2D eigenvalue weighted by Gasteiger charge is -2.14. The highest BCUT2D eigenvalue weighted by Gasteiger charge is 2.14. The summed E-state index contributed by atoms with van der Waals surface area (Å²) in [6, 6.07) is 9.89. The molecular weight excluding hydrogens is 250 g/mol. The summed E-state index contributed by atoms with van der Waals surface area (Å²) in [6.07, 6.45) is 0.413. The van der Waals surface area contributed by atoms with E-state index in [-0.39, 0.29) is 11.9 Å². The van der Waals surface area contributed by atoms with Crippen molar-refractivity contribution < 1.29 is 4.79 Å². The van der Waals surface area contributed by atoms with Gasteiger partial charge in [0.25, 0.3) is 0 Å². The van der Waals surface area contributed by atoms with E-state index >= 15 is 0 Å². The van der Waals surface area contributed by atoms with Crippen LogP contribution in [0.2, 0.25) is 0 Å². The molecule has 20 heavy (non-hydrogen) atoms. The highest BCUT2D eigenvalue weighted by molar-refractivity contribution is 5.91. The average Bonchev–Trinajstić information content (AvgIpc) is 2.68. The number of aryl methyl sites for hydroxylation is 3. The molecule has 2 rings (SSSR count). The van der Waals surface area contributed by atoms with E-state index in [4.69, 9.17) is 0 Å². The van der Waals surface area contributed by atoms with Gasteiger partial charge in [-0.25, -0.2) is 0 Å². The summed E-state index contributed by atoms with van der Waals surface area (Å²) in [7, 11) is 0. The monoisotopic (exact) mass is 271 g/mol. The Balaban J connectivity index is 1.99. The minimum atomic E-state index is 0.00986. The standard InChI is InChI=1S/C16H21N3O/c1-11-6-5-7-15(8-11)17-16(20)10-14(4)19-13(3)9-12(2)18-19/h5-9,14H,10H2,1-4H3,(H,17,20). The first-order valence-electron chi connectivity index (χ1n) is 6.85. The summed E-state index contributed by atoms with van der Waals surface area (Å²) in [5.41, 5.74) is 4.04. The number of rotatable bonds is 4. The highest BCUT2D eigenvalue weighted by Crippen LogP contribution is 2.16. The predicted molar refractivity (Wildman–Crippen MR) is 80.8 cm³/mol. The van der Waals surface area contributed by atoms with Crippen LogP contribution in [0.5, 0.6) is 0 Å². The molecule has 0 bridgehead atoms. The second-order valence-electron chi connectivity index (χ2n) is 5.34. The Kier molecular flexibility index (Phi) is 4.23. The number of aromatic nitrogens is 2. The third-order valence-electron chi connectivity index (χ3n) is 3.24. The van der Waals surface area contributed by atoms with Gasteiger partial charge in [0.15, 0.2) is 0 Å². The number of hydrogen-bond donors (Lipinski definition) is 1. The summed E-state index contributed by atoms with van der Waals surface area (Å²) in [5, 5.41) is 7.35. The smallest absolute Gasteiger partial charge is 0.226 e. The van der Waals surface area contributed by atoms with Gasteiger partial charge in [-0.1, -0.05) is 12.1 Å². The van der Waals surface area contributed by atoms with E-state index in [0.29, 0.717) is 6.42 Å². The SMILES string of the molecule is Cc1cccc(NC(=O)CC(C)n2nc(C)cc2C)c1. The second kappa shape index (κ2) is 5.90. The van der Waals surface area contributed by atoms with Gasteiger partial charge in [0, 0.05) is 17.8 Å². The van der Waals surface area contributed by atoms with Crippen LogP contribution in [-0.4, -0.2) is 15.7 Å². The van der Waals surface area contributed by atoms with Gasteiger partial charge >= 0.3 is 0 Å². The topological polar surface area (TPSA) is 46.9 Å².